The Hall–Kier alpha value is -2.28. The molecular formula is C27H36O7. The summed E-state index contributed by atoms with van der Waals surface area (Å²) in [4.78, 5) is 49.7. The zero-order valence-electron chi connectivity index (χ0n) is 20.6. The van der Waals surface area contributed by atoms with Crippen molar-refractivity contribution in [3.63, 3.8) is 0 Å². The van der Waals surface area contributed by atoms with Crippen LogP contribution < -0.4 is 0 Å². The van der Waals surface area contributed by atoms with Gasteiger partial charge in [-0.2, -0.15) is 0 Å². The summed E-state index contributed by atoms with van der Waals surface area (Å²) in [5, 5.41) is 8.95. The second kappa shape index (κ2) is 8.74. The standard InChI is InChI=1S/C27H36O7/c1-16-13-19-20(25(3)9-5-18(30)14-22(16)25)6-10-26(4)21(19)7-11-27(26,34-17(2)29)23(31)15-33-24(32)8-12-28/h5,9,14,16,19-21,28H,6-8,10-13,15H2,1-4H3/t16-,19+,20-,21-,25+,26-,27-/m0/s1. The van der Waals surface area contributed by atoms with E-state index >= 15 is 0 Å². The predicted octanol–water partition coefficient (Wildman–Crippen LogP) is 3.34. The van der Waals surface area contributed by atoms with Gasteiger partial charge in [0.15, 0.2) is 18.0 Å². The topological polar surface area (TPSA) is 107 Å². The Morgan fingerprint density at radius 1 is 1.15 bits per heavy atom. The summed E-state index contributed by atoms with van der Waals surface area (Å²) in [6.45, 7) is 6.99. The molecule has 7 atom stereocenters. The number of ketones is 2. The molecule has 0 unspecified atom stereocenters. The number of fused-ring (bicyclic) bond motifs is 5. The number of carbonyl (C=O) groups is 4. The van der Waals surface area contributed by atoms with Gasteiger partial charge < -0.3 is 14.6 Å². The highest BCUT2D eigenvalue weighted by Gasteiger charge is 2.68. The molecular weight excluding hydrogens is 436 g/mol. The average Bonchev–Trinajstić information content (AvgIpc) is 3.06. The summed E-state index contributed by atoms with van der Waals surface area (Å²) in [5.41, 5.74) is -0.868. The number of allylic oxidation sites excluding steroid dienone is 4. The van der Waals surface area contributed by atoms with E-state index in [1.807, 2.05) is 6.08 Å². The first-order chi connectivity index (χ1) is 16.0. The number of Topliss-reactive ketones (excluding diaryl/α,β-unsaturated/α-hetero) is 1. The number of rotatable bonds is 6. The summed E-state index contributed by atoms with van der Waals surface area (Å²) in [6.07, 6.45) is 9.08. The van der Waals surface area contributed by atoms with Crippen LogP contribution in [0.3, 0.4) is 0 Å². The molecule has 34 heavy (non-hydrogen) atoms. The molecule has 7 heteroatoms. The van der Waals surface area contributed by atoms with Crippen molar-refractivity contribution in [1.29, 1.82) is 0 Å². The summed E-state index contributed by atoms with van der Waals surface area (Å²) in [5.74, 6) is -0.383. The predicted molar refractivity (Wildman–Crippen MR) is 123 cm³/mol. The molecule has 7 nitrogen and oxygen atoms in total. The molecule has 0 aliphatic heterocycles. The van der Waals surface area contributed by atoms with Gasteiger partial charge in [0.05, 0.1) is 13.0 Å². The van der Waals surface area contributed by atoms with E-state index in [4.69, 9.17) is 14.6 Å². The fraction of sp³-hybridized carbons (Fsp3) is 0.704. The molecule has 0 radical (unpaired) electrons. The van der Waals surface area contributed by atoms with E-state index < -0.39 is 29.6 Å². The number of esters is 2. The minimum atomic E-state index is -1.33. The molecule has 4 aliphatic rings. The van der Waals surface area contributed by atoms with Crippen LogP contribution in [0.15, 0.2) is 23.8 Å². The second-order valence-electron chi connectivity index (χ2n) is 11.1. The van der Waals surface area contributed by atoms with E-state index in [-0.39, 0.29) is 41.8 Å². The third-order valence-corrected chi connectivity index (χ3v) is 9.45. The van der Waals surface area contributed by atoms with Crippen LogP contribution in [0, 0.1) is 34.5 Å². The largest absolute Gasteiger partial charge is 0.457 e. The van der Waals surface area contributed by atoms with Crippen LogP contribution in [-0.4, -0.2) is 47.4 Å². The molecule has 4 aliphatic carbocycles. The first kappa shape index (κ1) is 24.8. The average molecular weight is 473 g/mol. The molecule has 0 spiro atoms. The maximum atomic E-state index is 13.5. The van der Waals surface area contributed by atoms with Gasteiger partial charge in [-0.1, -0.05) is 32.4 Å². The number of aliphatic hydroxyl groups is 1. The summed E-state index contributed by atoms with van der Waals surface area (Å²) in [7, 11) is 0. The monoisotopic (exact) mass is 472 g/mol. The fourth-order valence-electron chi connectivity index (χ4n) is 7.97. The summed E-state index contributed by atoms with van der Waals surface area (Å²) >= 11 is 0. The molecule has 4 rings (SSSR count). The van der Waals surface area contributed by atoms with Gasteiger partial charge >= 0.3 is 11.9 Å². The zero-order valence-corrected chi connectivity index (χ0v) is 20.6. The second-order valence-corrected chi connectivity index (χ2v) is 11.1. The molecule has 0 bridgehead atoms. The highest BCUT2D eigenvalue weighted by molar-refractivity contribution is 6.01. The smallest absolute Gasteiger partial charge is 0.308 e. The van der Waals surface area contributed by atoms with Crippen LogP contribution in [0.5, 0.6) is 0 Å². The Morgan fingerprint density at radius 3 is 2.53 bits per heavy atom. The summed E-state index contributed by atoms with van der Waals surface area (Å²) < 4.78 is 11.0. The molecule has 0 saturated heterocycles. The third-order valence-electron chi connectivity index (χ3n) is 9.45. The quantitative estimate of drug-likeness (QED) is 0.591. The van der Waals surface area contributed by atoms with Crippen LogP contribution in [0.2, 0.25) is 0 Å². The van der Waals surface area contributed by atoms with Gasteiger partial charge in [0, 0.05) is 17.8 Å². The highest BCUT2D eigenvalue weighted by atomic mass is 16.6. The van der Waals surface area contributed by atoms with Gasteiger partial charge in [0.25, 0.3) is 0 Å². The Bertz CT molecular complexity index is 964. The first-order valence-electron chi connectivity index (χ1n) is 12.4. The van der Waals surface area contributed by atoms with Crippen molar-refractivity contribution in [2.24, 2.45) is 34.5 Å². The van der Waals surface area contributed by atoms with Crippen molar-refractivity contribution < 1.29 is 33.8 Å². The Labute approximate surface area is 200 Å². The van der Waals surface area contributed by atoms with Crippen LogP contribution in [0.25, 0.3) is 0 Å². The molecule has 3 fully saturated rings. The normalized spacial score (nSPS) is 40.5. The molecule has 0 aromatic heterocycles. The number of aliphatic hydroxyl groups excluding tert-OH is 1. The lowest BCUT2D eigenvalue weighted by Gasteiger charge is -2.59. The van der Waals surface area contributed by atoms with Crippen molar-refractivity contribution in [3.8, 4) is 0 Å². The first-order valence-corrected chi connectivity index (χ1v) is 12.4. The lowest BCUT2D eigenvalue weighted by Crippen LogP contribution is -2.60. The highest BCUT2D eigenvalue weighted by Crippen LogP contribution is 2.68. The number of hydrogen-bond acceptors (Lipinski definition) is 7. The molecule has 0 heterocycles. The van der Waals surface area contributed by atoms with E-state index in [1.165, 1.54) is 12.5 Å². The van der Waals surface area contributed by atoms with Gasteiger partial charge in [-0.3, -0.25) is 19.2 Å². The van der Waals surface area contributed by atoms with Gasteiger partial charge in [-0.05, 0) is 67.9 Å². The number of hydrogen-bond donors (Lipinski definition) is 1. The number of carbonyl (C=O) groups excluding carboxylic acids is 4. The summed E-state index contributed by atoms with van der Waals surface area (Å²) in [6, 6.07) is 0. The SMILES string of the molecule is CC(=O)O[C@]1(C(=O)COC(=O)CCO)CC[C@H]2[C@@H]3C[C@H](C)C4=CC(=O)C=C[C@]4(C)[C@H]3CC[C@@]21C. The molecule has 0 amide bonds. The minimum absolute atomic E-state index is 0.0505. The number of ether oxygens (including phenoxy) is 2. The van der Waals surface area contributed by atoms with Crippen molar-refractivity contribution in [2.75, 3.05) is 13.2 Å². The Kier molecular flexibility index (Phi) is 6.38. The van der Waals surface area contributed by atoms with Gasteiger partial charge in [-0.15, -0.1) is 0 Å². The van der Waals surface area contributed by atoms with Crippen LogP contribution in [-0.2, 0) is 28.7 Å². The molecule has 1 N–H and O–H groups in total. The zero-order chi connectivity index (χ0) is 24.9. The van der Waals surface area contributed by atoms with E-state index in [0.29, 0.717) is 24.7 Å². The molecule has 186 valence electrons. The lowest BCUT2D eigenvalue weighted by molar-refractivity contribution is -0.190. The lowest BCUT2D eigenvalue weighted by atomic mass is 9.45. The van der Waals surface area contributed by atoms with Crippen LogP contribution >= 0.6 is 0 Å². The molecule has 3 saturated carbocycles. The van der Waals surface area contributed by atoms with Gasteiger partial charge in [0.2, 0.25) is 5.78 Å². The van der Waals surface area contributed by atoms with Crippen LogP contribution in [0.1, 0.15) is 66.2 Å². The van der Waals surface area contributed by atoms with E-state index in [2.05, 4.69) is 26.8 Å². The molecule has 0 aromatic rings. The van der Waals surface area contributed by atoms with E-state index in [9.17, 15) is 19.2 Å². The molecule has 0 aromatic carbocycles. The maximum absolute atomic E-state index is 13.5. The van der Waals surface area contributed by atoms with Crippen molar-refractivity contribution >= 4 is 23.5 Å². The Balaban J connectivity index is 1.66. The van der Waals surface area contributed by atoms with Crippen molar-refractivity contribution in [3.05, 3.63) is 23.8 Å². The maximum Gasteiger partial charge on any atom is 0.308 e. The van der Waals surface area contributed by atoms with Crippen molar-refractivity contribution in [1.82, 2.24) is 0 Å². The van der Waals surface area contributed by atoms with E-state index in [0.717, 1.165) is 19.3 Å². The van der Waals surface area contributed by atoms with Crippen molar-refractivity contribution in [2.45, 2.75) is 71.8 Å². The minimum Gasteiger partial charge on any atom is -0.457 e. The fourth-order valence-corrected chi connectivity index (χ4v) is 7.97. The Morgan fingerprint density at radius 2 is 1.85 bits per heavy atom. The third kappa shape index (κ3) is 3.67. The van der Waals surface area contributed by atoms with Gasteiger partial charge in [-0.25, -0.2) is 0 Å². The van der Waals surface area contributed by atoms with Gasteiger partial charge in [0.1, 0.15) is 0 Å². The van der Waals surface area contributed by atoms with E-state index in [1.54, 1.807) is 6.08 Å². The van der Waals surface area contributed by atoms with Crippen LogP contribution in [0.4, 0.5) is 0 Å².